The van der Waals surface area contributed by atoms with E-state index < -0.39 is 0 Å². The van der Waals surface area contributed by atoms with Crippen LogP contribution in [0.5, 0.6) is 0 Å². The van der Waals surface area contributed by atoms with Crippen molar-refractivity contribution < 1.29 is 18.8 Å². The van der Waals surface area contributed by atoms with E-state index in [9.17, 15) is 14.4 Å². The Hall–Kier alpha value is -3.09. The van der Waals surface area contributed by atoms with Crippen LogP contribution in [0.15, 0.2) is 47.1 Å². The lowest BCUT2D eigenvalue weighted by molar-refractivity contribution is -0.117. The molecule has 2 N–H and O–H groups in total. The Labute approximate surface area is 151 Å². The highest BCUT2D eigenvalue weighted by Gasteiger charge is 2.21. The number of anilines is 2. The van der Waals surface area contributed by atoms with Crippen LogP contribution in [-0.2, 0) is 9.59 Å². The number of hydrogen-bond acceptors (Lipinski definition) is 4. The number of rotatable bonds is 7. The normalized spacial score (nSPS) is 13.7. The topological polar surface area (TPSA) is 91.7 Å². The third-order valence-corrected chi connectivity index (χ3v) is 4.13. The number of carbonyl (C=O) groups is 3. The molecule has 0 radical (unpaired) electrons. The van der Waals surface area contributed by atoms with Gasteiger partial charge in [-0.3, -0.25) is 14.4 Å². The van der Waals surface area contributed by atoms with Gasteiger partial charge in [0.2, 0.25) is 11.8 Å². The van der Waals surface area contributed by atoms with Crippen molar-refractivity contribution >= 4 is 29.1 Å². The third-order valence-electron chi connectivity index (χ3n) is 4.13. The molecule has 0 saturated carbocycles. The van der Waals surface area contributed by atoms with Gasteiger partial charge in [0.05, 0.1) is 6.26 Å². The van der Waals surface area contributed by atoms with E-state index in [-0.39, 0.29) is 29.9 Å². The lowest BCUT2D eigenvalue weighted by atomic mass is 10.2. The molecular formula is C19H21N3O4. The summed E-state index contributed by atoms with van der Waals surface area (Å²) in [7, 11) is 0. The Bertz CT molecular complexity index is 786. The van der Waals surface area contributed by atoms with Gasteiger partial charge >= 0.3 is 0 Å². The van der Waals surface area contributed by atoms with Crippen molar-refractivity contribution in [3.05, 3.63) is 48.4 Å². The first-order valence-electron chi connectivity index (χ1n) is 8.65. The predicted octanol–water partition coefficient (Wildman–Crippen LogP) is 2.56. The van der Waals surface area contributed by atoms with E-state index >= 15 is 0 Å². The number of benzene rings is 1. The molecule has 26 heavy (non-hydrogen) atoms. The molecule has 0 atom stereocenters. The molecule has 136 valence electrons. The summed E-state index contributed by atoms with van der Waals surface area (Å²) >= 11 is 0. The molecular weight excluding hydrogens is 334 g/mol. The fourth-order valence-corrected chi connectivity index (χ4v) is 2.84. The monoisotopic (exact) mass is 355 g/mol. The minimum Gasteiger partial charge on any atom is -0.459 e. The lowest BCUT2D eigenvalue weighted by Crippen LogP contribution is -2.25. The van der Waals surface area contributed by atoms with E-state index in [1.165, 1.54) is 6.26 Å². The van der Waals surface area contributed by atoms with Gasteiger partial charge in [0.15, 0.2) is 5.76 Å². The molecule has 0 aliphatic carbocycles. The maximum atomic E-state index is 12.1. The zero-order valence-corrected chi connectivity index (χ0v) is 14.4. The smallest absolute Gasteiger partial charge is 0.286 e. The van der Waals surface area contributed by atoms with Crippen LogP contribution >= 0.6 is 0 Å². The highest BCUT2D eigenvalue weighted by Crippen LogP contribution is 2.24. The van der Waals surface area contributed by atoms with Gasteiger partial charge in [-0.15, -0.1) is 0 Å². The number of carbonyl (C=O) groups excluding carboxylic acids is 3. The molecule has 2 heterocycles. The van der Waals surface area contributed by atoms with Crippen LogP contribution in [0.25, 0.3) is 0 Å². The van der Waals surface area contributed by atoms with Crippen molar-refractivity contribution in [1.29, 1.82) is 0 Å². The van der Waals surface area contributed by atoms with Gasteiger partial charge in [-0.05, 0) is 43.2 Å². The maximum Gasteiger partial charge on any atom is 0.286 e. The fraction of sp³-hybridized carbons (Fsp3) is 0.316. The van der Waals surface area contributed by atoms with Crippen molar-refractivity contribution in [3.63, 3.8) is 0 Å². The number of furan rings is 1. The van der Waals surface area contributed by atoms with Crippen LogP contribution < -0.4 is 15.5 Å². The van der Waals surface area contributed by atoms with Crippen molar-refractivity contribution in [2.45, 2.75) is 25.7 Å². The first-order chi connectivity index (χ1) is 12.6. The highest BCUT2D eigenvalue weighted by molar-refractivity contribution is 5.97. The summed E-state index contributed by atoms with van der Waals surface area (Å²) in [5.41, 5.74) is 1.46. The standard InChI is InChI=1S/C19H21N3O4/c23-17(8-2-10-20-19(25)16-7-4-12-26-16)21-14-5-1-6-15(13-14)22-11-3-9-18(22)24/h1,4-7,12-13H,2-3,8-11H2,(H,20,25)(H,21,23). The van der Waals surface area contributed by atoms with Gasteiger partial charge in [0, 0.05) is 37.3 Å². The molecule has 0 unspecified atom stereocenters. The summed E-state index contributed by atoms with van der Waals surface area (Å²) in [6.45, 7) is 1.10. The molecule has 3 amide bonds. The largest absolute Gasteiger partial charge is 0.459 e. The van der Waals surface area contributed by atoms with Crippen molar-refractivity contribution in [1.82, 2.24) is 5.32 Å². The van der Waals surface area contributed by atoms with Crippen molar-refractivity contribution in [2.24, 2.45) is 0 Å². The maximum absolute atomic E-state index is 12.1. The molecule has 3 rings (SSSR count). The van der Waals surface area contributed by atoms with Crippen LogP contribution in [0.4, 0.5) is 11.4 Å². The van der Waals surface area contributed by atoms with Crippen LogP contribution in [0.1, 0.15) is 36.2 Å². The Morgan fingerprint density at radius 1 is 1.19 bits per heavy atom. The van der Waals surface area contributed by atoms with Crippen molar-refractivity contribution in [3.8, 4) is 0 Å². The van der Waals surface area contributed by atoms with Gasteiger partial charge in [0.25, 0.3) is 5.91 Å². The van der Waals surface area contributed by atoms with Gasteiger partial charge in [-0.25, -0.2) is 0 Å². The minimum absolute atomic E-state index is 0.112. The zero-order valence-electron chi connectivity index (χ0n) is 14.4. The van der Waals surface area contributed by atoms with E-state index in [1.807, 2.05) is 12.1 Å². The van der Waals surface area contributed by atoms with Gasteiger partial charge < -0.3 is 20.0 Å². The van der Waals surface area contributed by atoms with E-state index in [2.05, 4.69) is 10.6 Å². The number of hydrogen-bond donors (Lipinski definition) is 2. The molecule has 0 bridgehead atoms. The summed E-state index contributed by atoms with van der Waals surface area (Å²) in [4.78, 5) is 37.3. The summed E-state index contributed by atoms with van der Waals surface area (Å²) in [6.07, 6.45) is 3.67. The molecule has 1 aromatic carbocycles. The van der Waals surface area contributed by atoms with Crippen molar-refractivity contribution in [2.75, 3.05) is 23.3 Å². The molecule has 1 fully saturated rings. The molecule has 2 aromatic rings. The van der Waals surface area contributed by atoms with Crippen LogP contribution in [0, 0.1) is 0 Å². The predicted molar refractivity (Wildman–Crippen MR) is 96.9 cm³/mol. The zero-order chi connectivity index (χ0) is 18.4. The molecule has 1 saturated heterocycles. The highest BCUT2D eigenvalue weighted by atomic mass is 16.3. The Balaban J connectivity index is 1.43. The second kappa shape index (κ2) is 8.33. The van der Waals surface area contributed by atoms with Crippen LogP contribution in [-0.4, -0.2) is 30.8 Å². The van der Waals surface area contributed by atoms with Crippen LogP contribution in [0.3, 0.4) is 0 Å². The van der Waals surface area contributed by atoms with E-state index in [1.54, 1.807) is 29.2 Å². The first kappa shape index (κ1) is 17.7. The molecule has 1 aliphatic heterocycles. The molecule has 7 heteroatoms. The Kier molecular flexibility index (Phi) is 5.68. The minimum atomic E-state index is -0.293. The summed E-state index contributed by atoms with van der Waals surface area (Å²) in [5, 5.41) is 5.53. The molecule has 1 aliphatic rings. The second-order valence-corrected chi connectivity index (χ2v) is 6.08. The Morgan fingerprint density at radius 2 is 2.08 bits per heavy atom. The summed E-state index contributed by atoms with van der Waals surface area (Å²) in [5.74, 6) is -0.0657. The molecule has 7 nitrogen and oxygen atoms in total. The van der Waals surface area contributed by atoms with Gasteiger partial charge in [-0.2, -0.15) is 0 Å². The van der Waals surface area contributed by atoms with E-state index in [0.717, 1.165) is 12.1 Å². The van der Waals surface area contributed by atoms with E-state index in [0.29, 0.717) is 31.6 Å². The summed E-state index contributed by atoms with van der Waals surface area (Å²) in [6, 6.07) is 10.5. The number of nitrogens with zero attached hydrogens (tertiary/aromatic N) is 1. The average molecular weight is 355 g/mol. The fourth-order valence-electron chi connectivity index (χ4n) is 2.84. The van der Waals surface area contributed by atoms with Crippen LogP contribution in [0.2, 0.25) is 0 Å². The quantitative estimate of drug-likeness (QED) is 0.747. The second-order valence-electron chi connectivity index (χ2n) is 6.08. The number of nitrogens with one attached hydrogen (secondary N) is 2. The Morgan fingerprint density at radius 3 is 2.81 bits per heavy atom. The third kappa shape index (κ3) is 4.50. The van der Waals surface area contributed by atoms with E-state index in [4.69, 9.17) is 4.42 Å². The SMILES string of the molecule is O=C(CCCNC(=O)c1ccco1)Nc1cccc(N2CCCC2=O)c1. The first-order valence-corrected chi connectivity index (χ1v) is 8.65. The molecule has 1 aromatic heterocycles. The molecule has 0 spiro atoms. The average Bonchev–Trinajstić information content (AvgIpc) is 3.30. The van der Waals surface area contributed by atoms with Gasteiger partial charge in [0.1, 0.15) is 0 Å². The van der Waals surface area contributed by atoms with Gasteiger partial charge in [-0.1, -0.05) is 6.07 Å². The lowest BCUT2D eigenvalue weighted by Gasteiger charge is -2.16. The summed E-state index contributed by atoms with van der Waals surface area (Å²) < 4.78 is 4.99. The number of amides is 3.